The van der Waals surface area contributed by atoms with E-state index in [1.165, 1.54) is 56.5 Å². The molecular formula is C58H35NOS2. The molecule has 4 heteroatoms. The third-order valence-electron chi connectivity index (χ3n) is 12.5. The Morgan fingerprint density at radius 1 is 0.306 bits per heavy atom. The van der Waals surface area contributed by atoms with Crippen molar-refractivity contribution in [3.63, 3.8) is 0 Å². The number of thiophene rings is 2. The van der Waals surface area contributed by atoms with E-state index in [2.05, 4.69) is 217 Å². The summed E-state index contributed by atoms with van der Waals surface area (Å²) in [5, 5.41) is 11.1. The molecule has 13 aromatic rings. The molecule has 0 spiro atoms. The van der Waals surface area contributed by atoms with Gasteiger partial charge in [0.25, 0.3) is 0 Å². The predicted octanol–water partition coefficient (Wildman–Crippen LogP) is 17.9. The van der Waals surface area contributed by atoms with Crippen molar-refractivity contribution in [2.45, 2.75) is 0 Å². The molecule has 3 aromatic heterocycles. The third-order valence-corrected chi connectivity index (χ3v) is 14.7. The SMILES string of the molecule is c1ccc(-c2oc3c4ccc(-c5ccc(N(c6ccc7c(c6)sc6ccccc67)c6ccc7c(c6)sc6ccccc67)cc5)cc4c4ccccc4c3c2-c2ccccc2)cc1. The summed E-state index contributed by atoms with van der Waals surface area (Å²) in [6.07, 6.45) is 0. The zero-order chi connectivity index (χ0) is 40.7. The van der Waals surface area contributed by atoms with Gasteiger partial charge >= 0.3 is 0 Å². The number of fused-ring (bicyclic) bond motifs is 12. The lowest BCUT2D eigenvalue weighted by atomic mass is 9.91. The van der Waals surface area contributed by atoms with Crippen LogP contribution in [-0.4, -0.2) is 0 Å². The molecule has 0 saturated carbocycles. The van der Waals surface area contributed by atoms with Crippen LogP contribution < -0.4 is 4.90 Å². The van der Waals surface area contributed by atoms with Crippen molar-refractivity contribution in [1.82, 2.24) is 0 Å². The monoisotopic (exact) mass is 825 g/mol. The van der Waals surface area contributed by atoms with Crippen LogP contribution in [0.4, 0.5) is 17.1 Å². The number of benzene rings is 10. The Bertz CT molecular complexity index is 3750. The van der Waals surface area contributed by atoms with E-state index in [0.29, 0.717) is 0 Å². The molecule has 0 radical (unpaired) electrons. The maximum atomic E-state index is 7.02. The van der Waals surface area contributed by atoms with Gasteiger partial charge in [0, 0.05) is 79.3 Å². The molecule has 0 saturated heterocycles. The van der Waals surface area contributed by atoms with Gasteiger partial charge in [-0.2, -0.15) is 0 Å². The lowest BCUT2D eigenvalue weighted by Gasteiger charge is -2.26. The maximum absolute atomic E-state index is 7.02. The molecule has 0 unspecified atom stereocenters. The molecule has 3 heterocycles. The van der Waals surface area contributed by atoms with Crippen LogP contribution in [0.25, 0.3) is 106 Å². The number of anilines is 3. The zero-order valence-corrected chi connectivity index (χ0v) is 35.0. The van der Waals surface area contributed by atoms with Gasteiger partial charge in [-0.05, 0) is 93.5 Å². The van der Waals surface area contributed by atoms with Gasteiger partial charge in [0.2, 0.25) is 0 Å². The minimum Gasteiger partial charge on any atom is -0.455 e. The summed E-state index contributed by atoms with van der Waals surface area (Å²) in [5.74, 6) is 0.895. The zero-order valence-electron chi connectivity index (χ0n) is 33.4. The number of nitrogens with zero attached hydrogens (tertiary/aromatic N) is 1. The first-order valence-corrected chi connectivity index (χ1v) is 22.6. The molecule has 0 aliphatic heterocycles. The minimum absolute atomic E-state index is 0.895. The van der Waals surface area contributed by atoms with Gasteiger partial charge in [0.1, 0.15) is 11.3 Å². The Labute approximate surface area is 365 Å². The van der Waals surface area contributed by atoms with Gasteiger partial charge in [-0.25, -0.2) is 0 Å². The predicted molar refractivity (Wildman–Crippen MR) is 268 cm³/mol. The summed E-state index contributed by atoms with van der Waals surface area (Å²) < 4.78 is 12.2. The van der Waals surface area contributed by atoms with Gasteiger partial charge < -0.3 is 9.32 Å². The highest BCUT2D eigenvalue weighted by Gasteiger charge is 2.23. The van der Waals surface area contributed by atoms with Crippen molar-refractivity contribution in [1.29, 1.82) is 0 Å². The number of rotatable bonds is 6. The van der Waals surface area contributed by atoms with Crippen LogP contribution in [0.5, 0.6) is 0 Å². The van der Waals surface area contributed by atoms with E-state index >= 15 is 0 Å². The van der Waals surface area contributed by atoms with Crippen LogP contribution in [0.1, 0.15) is 0 Å². The fraction of sp³-hybridized carbons (Fsp3) is 0. The average molecular weight is 826 g/mol. The Hall–Kier alpha value is -7.50. The summed E-state index contributed by atoms with van der Waals surface area (Å²) in [4.78, 5) is 2.41. The van der Waals surface area contributed by atoms with E-state index in [1.54, 1.807) is 0 Å². The highest BCUT2D eigenvalue weighted by atomic mass is 32.1. The smallest absolute Gasteiger partial charge is 0.143 e. The van der Waals surface area contributed by atoms with Gasteiger partial charge in [-0.3, -0.25) is 0 Å². The van der Waals surface area contributed by atoms with Gasteiger partial charge in [-0.15, -0.1) is 22.7 Å². The lowest BCUT2D eigenvalue weighted by Crippen LogP contribution is -2.09. The van der Waals surface area contributed by atoms with Crippen LogP contribution in [-0.2, 0) is 0 Å². The molecule has 62 heavy (non-hydrogen) atoms. The fourth-order valence-corrected chi connectivity index (χ4v) is 11.9. The average Bonchev–Trinajstić information content (AvgIpc) is 4.04. The van der Waals surface area contributed by atoms with Crippen LogP contribution in [0, 0.1) is 0 Å². The van der Waals surface area contributed by atoms with E-state index in [-0.39, 0.29) is 0 Å². The molecule has 0 aliphatic rings. The number of hydrogen-bond donors (Lipinski definition) is 0. The van der Waals surface area contributed by atoms with Crippen LogP contribution in [0.15, 0.2) is 217 Å². The van der Waals surface area contributed by atoms with Gasteiger partial charge in [0.05, 0.1) is 0 Å². The quantitative estimate of drug-likeness (QED) is 0.155. The van der Waals surface area contributed by atoms with E-state index < -0.39 is 0 Å². The second kappa shape index (κ2) is 14.0. The lowest BCUT2D eigenvalue weighted by molar-refractivity contribution is 0.636. The second-order valence-electron chi connectivity index (χ2n) is 16.0. The summed E-state index contributed by atoms with van der Waals surface area (Å²) >= 11 is 3.72. The highest BCUT2D eigenvalue weighted by Crippen LogP contribution is 2.48. The van der Waals surface area contributed by atoms with Crippen molar-refractivity contribution in [3.8, 4) is 33.6 Å². The normalized spacial score (nSPS) is 11.9. The standard InChI is InChI=1S/C58H35NOS2/c1-3-13-37(14-4-1)55-56-48-20-8-7-17-43(48)50-33-39(25-30-49(50)58(56)60-57(55)38-15-5-2-6-16-38)36-23-26-40(27-24-36)59(41-28-31-46-44-18-9-11-21-51(44)61-53(46)34-41)42-29-32-47-45-19-10-12-22-52(45)62-54(47)35-42/h1-35H. The highest BCUT2D eigenvalue weighted by molar-refractivity contribution is 7.26. The molecule has 13 rings (SSSR count). The molecule has 290 valence electrons. The van der Waals surface area contributed by atoms with Crippen LogP contribution in [0.3, 0.4) is 0 Å². The molecule has 0 atom stereocenters. The summed E-state index contributed by atoms with van der Waals surface area (Å²) in [6, 6.07) is 77.2. The first kappa shape index (κ1) is 35.3. The Balaban J connectivity index is 0.959. The Morgan fingerprint density at radius 3 is 1.42 bits per heavy atom. The molecule has 2 nitrogen and oxygen atoms in total. The molecular weight excluding hydrogens is 791 g/mol. The second-order valence-corrected chi connectivity index (χ2v) is 18.2. The van der Waals surface area contributed by atoms with Crippen molar-refractivity contribution >= 4 is 113 Å². The summed E-state index contributed by atoms with van der Waals surface area (Å²) in [5.41, 5.74) is 9.98. The molecule has 10 aromatic carbocycles. The topological polar surface area (TPSA) is 16.4 Å². The van der Waals surface area contributed by atoms with Crippen molar-refractivity contribution in [2.24, 2.45) is 0 Å². The van der Waals surface area contributed by atoms with Gasteiger partial charge in [0.15, 0.2) is 0 Å². The third kappa shape index (κ3) is 5.54. The maximum Gasteiger partial charge on any atom is 0.143 e. The first-order valence-electron chi connectivity index (χ1n) is 21.0. The van der Waals surface area contributed by atoms with E-state index in [0.717, 1.165) is 67.0 Å². The largest absolute Gasteiger partial charge is 0.455 e. The Morgan fingerprint density at radius 2 is 0.790 bits per heavy atom. The summed E-state index contributed by atoms with van der Waals surface area (Å²) in [7, 11) is 0. The fourth-order valence-electron chi connectivity index (χ4n) is 9.59. The first-order chi connectivity index (χ1) is 30.7. The number of furan rings is 1. The minimum atomic E-state index is 0.895. The molecule has 0 amide bonds. The van der Waals surface area contributed by atoms with Gasteiger partial charge in [-0.1, -0.05) is 152 Å². The van der Waals surface area contributed by atoms with Crippen molar-refractivity contribution < 1.29 is 4.42 Å². The Kier molecular flexibility index (Phi) is 7.99. The van der Waals surface area contributed by atoms with E-state index in [1.807, 2.05) is 22.7 Å². The molecule has 0 bridgehead atoms. The van der Waals surface area contributed by atoms with Crippen LogP contribution in [0.2, 0.25) is 0 Å². The van der Waals surface area contributed by atoms with E-state index in [4.69, 9.17) is 4.42 Å². The van der Waals surface area contributed by atoms with Crippen LogP contribution >= 0.6 is 22.7 Å². The van der Waals surface area contributed by atoms with E-state index in [9.17, 15) is 0 Å². The molecule has 0 N–H and O–H groups in total. The van der Waals surface area contributed by atoms with Crippen molar-refractivity contribution in [2.75, 3.05) is 4.90 Å². The number of hydrogen-bond acceptors (Lipinski definition) is 4. The molecule has 0 fully saturated rings. The molecule has 0 aliphatic carbocycles. The van der Waals surface area contributed by atoms with Crippen molar-refractivity contribution in [3.05, 3.63) is 212 Å². The summed E-state index contributed by atoms with van der Waals surface area (Å²) in [6.45, 7) is 0.